The molecule has 4 nitrogen and oxygen atoms in total. The Balaban J connectivity index is 2.15. The van der Waals surface area contributed by atoms with E-state index in [1.807, 2.05) is 0 Å². The molecule has 0 bridgehead atoms. The Bertz CT molecular complexity index is 735. The molecule has 0 fully saturated rings. The Morgan fingerprint density at radius 1 is 1.30 bits per heavy atom. The number of hydrogen-bond donors (Lipinski definition) is 1. The van der Waals surface area contributed by atoms with Gasteiger partial charge >= 0.3 is 0 Å². The van der Waals surface area contributed by atoms with E-state index < -0.39 is 10.0 Å². The van der Waals surface area contributed by atoms with Crippen LogP contribution in [-0.4, -0.2) is 13.4 Å². The molecule has 0 aliphatic carbocycles. The molecule has 0 saturated heterocycles. The number of nitrogens with one attached hydrogen (secondary N) is 1. The second-order valence-electron chi connectivity index (χ2n) is 4.22. The zero-order chi connectivity index (χ0) is 14.8. The third-order valence-corrected chi connectivity index (χ3v) is 4.32. The highest BCUT2D eigenvalue weighted by atomic mass is 35.5. The highest BCUT2D eigenvalue weighted by Crippen LogP contribution is 2.14. The Hall–Kier alpha value is -1.50. The number of benzene rings is 1. The van der Waals surface area contributed by atoms with Crippen LogP contribution < -0.4 is 4.72 Å². The predicted octanol–water partition coefficient (Wildman–Crippen LogP) is 2.66. The summed E-state index contributed by atoms with van der Waals surface area (Å²) < 4.78 is 39.8. The summed E-state index contributed by atoms with van der Waals surface area (Å²) in [7, 11) is -3.70. The molecule has 0 radical (unpaired) electrons. The van der Waals surface area contributed by atoms with Crippen LogP contribution in [-0.2, 0) is 16.6 Å². The molecule has 1 aromatic heterocycles. The molecular formula is C13H12ClFN2O2S. The third-order valence-electron chi connectivity index (χ3n) is 2.71. The molecule has 1 N–H and O–H groups in total. The van der Waals surface area contributed by atoms with Crippen LogP contribution in [0.4, 0.5) is 4.39 Å². The van der Waals surface area contributed by atoms with Gasteiger partial charge in [0.25, 0.3) is 0 Å². The van der Waals surface area contributed by atoms with E-state index in [4.69, 9.17) is 11.6 Å². The van der Waals surface area contributed by atoms with Gasteiger partial charge in [0, 0.05) is 12.7 Å². The number of nitrogens with zero attached hydrogens (tertiary/aromatic N) is 1. The molecule has 1 aromatic carbocycles. The minimum atomic E-state index is -3.70. The van der Waals surface area contributed by atoms with Gasteiger partial charge in [0.1, 0.15) is 11.0 Å². The van der Waals surface area contributed by atoms with E-state index in [-0.39, 0.29) is 22.4 Å². The first-order chi connectivity index (χ1) is 9.38. The van der Waals surface area contributed by atoms with Crippen molar-refractivity contribution in [2.45, 2.75) is 18.4 Å². The van der Waals surface area contributed by atoms with Crippen LogP contribution in [0, 0.1) is 12.7 Å². The number of rotatable bonds is 4. The molecule has 0 aliphatic heterocycles. The number of sulfonamides is 1. The van der Waals surface area contributed by atoms with Crippen LogP contribution in [0.25, 0.3) is 0 Å². The Morgan fingerprint density at radius 2 is 2.05 bits per heavy atom. The highest BCUT2D eigenvalue weighted by Gasteiger charge is 2.14. The molecule has 106 valence electrons. The summed E-state index contributed by atoms with van der Waals surface area (Å²) in [5.74, 6) is -0.367. The summed E-state index contributed by atoms with van der Waals surface area (Å²) in [6.45, 7) is 1.64. The number of hydrogen-bond acceptors (Lipinski definition) is 3. The molecule has 7 heteroatoms. The fourth-order valence-corrected chi connectivity index (χ4v) is 2.83. The van der Waals surface area contributed by atoms with Crippen molar-refractivity contribution in [1.29, 1.82) is 0 Å². The van der Waals surface area contributed by atoms with Crippen LogP contribution in [0.3, 0.4) is 0 Å². The number of pyridine rings is 1. The van der Waals surface area contributed by atoms with Crippen molar-refractivity contribution in [3.8, 4) is 0 Å². The predicted molar refractivity (Wildman–Crippen MR) is 74.4 cm³/mol. The molecule has 0 unspecified atom stereocenters. The summed E-state index contributed by atoms with van der Waals surface area (Å²) in [4.78, 5) is 3.74. The number of halogens is 2. The van der Waals surface area contributed by atoms with Crippen LogP contribution in [0.5, 0.6) is 0 Å². The maximum Gasteiger partial charge on any atom is 0.241 e. The van der Waals surface area contributed by atoms with Gasteiger partial charge in [-0.05, 0) is 36.2 Å². The zero-order valence-electron chi connectivity index (χ0n) is 10.6. The van der Waals surface area contributed by atoms with Crippen molar-refractivity contribution in [3.63, 3.8) is 0 Å². The highest BCUT2D eigenvalue weighted by molar-refractivity contribution is 7.89. The Labute approximate surface area is 121 Å². The number of aryl methyl sites for hydroxylation is 1. The minimum Gasteiger partial charge on any atom is -0.244 e. The lowest BCUT2D eigenvalue weighted by Crippen LogP contribution is -2.23. The van der Waals surface area contributed by atoms with Gasteiger partial charge in [-0.2, -0.15) is 0 Å². The van der Waals surface area contributed by atoms with Gasteiger partial charge in [0.15, 0.2) is 0 Å². The average molecular weight is 315 g/mol. The molecule has 2 rings (SSSR count). The van der Waals surface area contributed by atoms with Crippen molar-refractivity contribution in [1.82, 2.24) is 9.71 Å². The van der Waals surface area contributed by atoms with E-state index in [0.717, 1.165) is 0 Å². The molecule has 0 saturated carbocycles. The normalized spacial score (nSPS) is 11.6. The lowest BCUT2D eigenvalue weighted by atomic mass is 10.1. The van der Waals surface area contributed by atoms with E-state index in [9.17, 15) is 12.8 Å². The summed E-state index contributed by atoms with van der Waals surface area (Å²) in [6, 6.07) is 7.16. The fourth-order valence-electron chi connectivity index (χ4n) is 1.56. The lowest BCUT2D eigenvalue weighted by molar-refractivity contribution is 0.580. The number of aromatic nitrogens is 1. The zero-order valence-corrected chi connectivity index (χ0v) is 12.2. The summed E-state index contributed by atoms with van der Waals surface area (Å²) in [5.41, 5.74) is 1.05. The van der Waals surface area contributed by atoms with Crippen LogP contribution in [0.1, 0.15) is 11.1 Å². The molecule has 0 aliphatic rings. The SMILES string of the molecule is Cc1ccc(CNS(=O)(=O)c2ccnc(Cl)c2)cc1F. The summed E-state index contributed by atoms with van der Waals surface area (Å²) >= 11 is 5.65. The standard InChI is InChI=1S/C13H12ClFN2O2S/c1-9-2-3-10(6-12(9)15)8-17-20(18,19)11-4-5-16-13(14)7-11/h2-7,17H,8H2,1H3. The molecule has 1 heterocycles. The summed E-state index contributed by atoms with van der Waals surface area (Å²) in [6.07, 6.45) is 1.31. The second kappa shape index (κ2) is 5.87. The quantitative estimate of drug-likeness (QED) is 0.883. The third kappa shape index (κ3) is 3.53. The first-order valence-electron chi connectivity index (χ1n) is 5.75. The van der Waals surface area contributed by atoms with Crippen LogP contribution >= 0.6 is 11.6 Å². The smallest absolute Gasteiger partial charge is 0.241 e. The van der Waals surface area contributed by atoms with Gasteiger partial charge in [-0.25, -0.2) is 22.5 Å². The minimum absolute atomic E-state index is 0.000521. The molecule has 2 aromatic rings. The Morgan fingerprint density at radius 3 is 2.70 bits per heavy atom. The largest absolute Gasteiger partial charge is 0.244 e. The van der Waals surface area contributed by atoms with E-state index in [0.29, 0.717) is 11.1 Å². The molecular weight excluding hydrogens is 303 g/mol. The fraction of sp³-hybridized carbons (Fsp3) is 0.154. The van der Waals surface area contributed by atoms with E-state index >= 15 is 0 Å². The average Bonchev–Trinajstić information content (AvgIpc) is 2.40. The van der Waals surface area contributed by atoms with Gasteiger partial charge < -0.3 is 0 Å². The van der Waals surface area contributed by atoms with E-state index in [2.05, 4.69) is 9.71 Å². The van der Waals surface area contributed by atoms with Gasteiger partial charge in [0.2, 0.25) is 10.0 Å². The van der Waals surface area contributed by atoms with E-state index in [1.54, 1.807) is 19.1 Å². The first kappa shape index (κ1) is 14.9. The monoisotopic (exact) mass is 314 g/mol. The lowest BCUT2D eigenvalue weighted by Gasteiger charge is -2.07. The second-order valence-corrected chi connectivity index (χ2v) is 6.38. The van der Waals surface area contributed by atoms with Gasteiger partial charge in [-0.3, -0.25) is 0 Å². The molecule has 20 heavy (non-hydrogen) atoms. The van der Waals surface area contributed by atoms with Crippen molar-refractivity contribution < 1.29 is 12.8 Å². The van der Waals surface area contributed by atoms with Crippen molar-refractivity contribution in [3.05, 3.63) is 58.6 Å². The van der Waals surface area contributed by atoms with Crippen LogP contribution in [0.15, 0.2) is 41.4 Å². The molecule has 0 amide bonds. The van der Waals surface area contributed by atoms with Crippen molar-refractivity contribution in [2.75, 3.05) is 0 Å². The molecule has 0 atom stereocenters. The topological polar surface area (TPSA) is 59.1 Å². The van der Waals surface area contributed by atoms with E-state index in [1.165, 1.54) is 24.4 Å². The maximum absolute atomic E-state index is 13.4. The van der Waals surface area contributed by atoms with Crippen molar-refractivity contribution in [2.24, 2.45) is 0 Å². The Kier molecular flexibility index (Phi) is 4.37. The van der Waals surface area contributed by atoms with Gasteiger partial charge in [-0.15, -0.1) is 0 Å². The van der Waals surface area contributed by atoms with Crippen LogP contribution in [0.2, 0.25) is 5.15 Å². The van der Waals surface area contributed by atoms with Gasteiger partial charge in [-0.1, -0.05) is 23.7 Å². The van der Waals surface area contributed by atoms with Crippen molar-refractivity contribution >= 4 is 21.6 Å². The maximum atomic E-state index is 13.4. The van der Waals surface area contributed by atoms with Gasteiger partial charge in [0.05, 0.1) is 4.90 Å². The summed E-state index contributed by atoms with van der Waals surface area (Å²) in [5, 5.41) is 0.0919. The molecule has 0 spiro atoms. The first-order valence-corrected chi connectivity index (χ1v) is 7.61.